The van der Waals surface area contributed by atoms with Gasteiger partial charge in [-0.05, 0) is 42.0 Å². The van der Waals surface area contributed by atoms with E-state index in [1.807, 2.05) is 6.07 Å². The summed E-state index contributed by atoms with van der Waals surface area (Å²) in [6.45, 7) is 6.29. The highest BCUT2D eigenvalue weighted by Gasteiger charge is 2.20. The Hall–Kier alpha value is -1.96. The molecule has 1 aliphatic heterocycles. The van der Waals surface area contributed by atoms with E-state index in [9.17, 15) is 5.11 Å². The van der Waals surface area contributed by atoms with E-state index in [1.54, 1.807) is 0 Å². The third-order valence-corrected chi connectivity index (χ3v) is 7.58. The quantitative estimate of drug-likeness (QED) is 0.289. The zero-order valence-corrected chi connectivity index (χ0v) is 22.2. The van der Waals surface area contributed by atoms with Gasteiger partial charge in [-0.25, -0.2) is 0 Å². The van der Waals surface area contributed by atoms with Gasteiger partial charge >= 0.3 is 0 Å². The lowest BCUT2D eigenvalue weighted by molar-refractivity contribution is 0.0688. The summed E-state index contributed by atoms with van der Waals surface area (Å²) in [6.07, 6.45) is 4.02. The minimum Gasteiger partial charge on any atom is -0.390 e. The van der Waals surface area contributed by atoms with E-state index in [-0.39, 0.29) is 0 Å². The van der Waals surface area contributed by atoms with Crippen LogP contribution in [0.3, 0.4) is 0 Å². The van der Waals surface area contributed by atoms with Crippen molar-refractivity contribution in [2.24, 2.45) is 0 Å². The third-order valence-electron chi connectivity index (χ3n) is 6.59. The van der Waals surface area contributed by atoms with E-state index < -0.39 is 6.10 Å². The van der Waals surface area contributed by atoms with Crippen molar-refractivity contribution in [1.29, 1.82) is 0 Å². The van der Waals surface area contributed by atoms with E-state index in [4.69, 9.17) is 0 Å². The molecule has 1 N–H and O–H groups in total. The normalized spacial score (nSPS) is 16.7. The number of piperazine rings is 1. The average Bonchev–Trinajstić information content (AvgIpc) is 3.12. The van der Waals surface area contributed by atoms with Crippen LogP contribution in [-0.4, -0.2) is 64.8 Å². The SMILES string of the molecule is OC(CN1CCN(CC=Cc2ccccc2)CC1)Cn1c2ccc(Br)cc2c2cc(Br)ccc21. The van der Waals surface area contributed by atoms with Gasteiger partial charge in [0.05, 0.1) is 12.6 Å². The van der Waals surface area contributed by atoms with E-state index in [2.05, 4.69) is 119 Å². The molecule has 3 aromatic carbocycles. The maximum atomic E-state index is 11.0. The lowest BCUT2D eigenvalue weighted by Crippen LogP contribution is -2.48. The van der Waals surface area contributed by atoms with E-state index in [1.165, 1.54) is 16.3 Å². The first-order chi connectivity index (χ1) is 16.6. The molecule has 176 valence electrons. The van der Waals surface area contributed by atoms with Crippen molar-refractivity contribution in [1.82, 2.24) is 14.4 Å². The minimum absolute atomic E-state index is 0.421. The van der Waals surface area contributed by atoms with Gasteiger partial charge in [0.15, 0.2) is 0 Å². The van der Waals surface area contributed by atoms with Gasteiger partial charge in [-0.3, -0.25) is 9.80 Å². The number of benzene rings is 3. The standard InChI is InChI=1S/C28H29Br2N3O/c29-22-8-10-27-25(17-22)26-18-23(30)9-11-28(26)33(27)20-24(34)19-32-15-13-31(14-16-32)12-4-7-21-5-2-1-3-6-21/h1-11,17-18,24,34H,12-16,19-20H2. The number of aromatic nitrogens is 1. The largest absolute Gasteiger partial charge is 0.390 e. The summed E-state index contributed by atoms with van der Waals surface area (Å²) in [7, 11) is 0. The predicted octanol–water partition coefficient (Wildman–Crippen LogP) is 6.01. The van der Waals surface area contributed by atoms with Gasteiger partial charge in [0.1, 0.15) is 0 Å². The molecule has 0 bridgehead atoms. The second-order valence-electron chi connectivity index (χ2n) is 9.00. The molecule has 1 unspecified atom stereocenters. The van der Waals surface area contributed by atoms with Crippen LogP contribution in [0.2, 0.25) is 0 Å². The predicted molar refractivity (Wildman–Crippen MR) is 149 cm³/mol. The van der Waals surface area contributed by atoms with Gasteiger partial charge < -0.3 is 9.67 Å². The van der Waals surface area contributed by atoms with Gasteiger partial charge in [-0.2, -0.15) is 0 Å². The molecule has 0 radical (unpaired) electrons. The number of aliphatic hydroxyl groups is 1. The first-order valence-corrected chi connectivity index (χ1v) is 13.4. The summed E-state index contributed by atoms with van der Waals surface area (Å²) < 4.78 is 4.39. The maximum Gasteiger partial charge on any atom is 0.0845 e. The smallest absolute Gasteiger partial charge is 0.0845 e. The van der Waals surface area contributed by atoms with E-state index in [0.29, 0.717) is 13.1 Å². The van der Waals surface area contributed by atoms with Crippen molar-refractivity contribution in [3.8, 4) is 0 Å². The molecule has 6 heteroatoms. The van der Waals surface area contributed by atoms with Gasteiger partial charge in [-0.1, -0.05) is 74.3 Å². The van der Waals surface area contributed by atoms with Crippen LogP contribution in [0.15, 0.2) is 81.8 Å². The summed E-state index contributed by atoms with van der Waals surface area (Å²) in [5.41, 5.74) is 3.56. The third kappa shape index (κ3) is 5.47. The number of aliphatic hydroxyl groups excluding tert-OH is 1. The molecule has 1 atom stereocenters. The monoisotopic (exact) mass is 581 g/mol. The molecule has 4 aromatic rings. The van der Waals surface area contributed by atoms with Gasteiger partial charge in [0.25, 0.3) is 0 Å². The Morgan fingerprint density at radius 3 is 1.97 bits per heavy atom. The Morgan fingerprint density at radius 2 is 1.35 bits per heavy atom. The lowest BCUT2D eigenvalue weighted by atomic mass is 10.2. The fourth-order valence-electron chi connectivity index (χ4n) is 4.87. The fraction of sp³-hybridized carbons (Fsp3) is 0.286. The average molecular weight is 583 g/mol. The van der Waals surface area contributed by atoms with Crippen molar-refractivity contribution >= 4 is 59.7 Å². The number of rotatable bonds is 7. The molecule has 0 aliphatic carbocycles. The van der Waals surface area contributed by atoms with E-state index >= 15 is 0 Å². The van der Waals surface area contributed by atoms with Crippen LogP contribution in [0.25, 0.3) is 27.9 Å². The molecule has 1 aromatic heterocycles. The van der Waals surface area contributed by atoms with Crippen molar-refractivity contribution in [2.45, 2.75) is 12.6 Å². The number of hydrogen-bond donors (Lipinski definition) is 1. The van der Waals surface area contributed by atoms with Gasteiger partial charge in [0, 0.05) is 70.0 Å². The van der Waals surface area contributed by atoms with Gasteiger partial charge in [-0.15, -0.1) is 0 Å². The molecule has 0 spiro atoms. The molecule has 0 amide bonds. The van der Waals surface area contributed by atoms with Crippen LogP contribution >= 0.6 is 31.9 Å². The van der Waals surface area contributed by atoms with E-state index in [0.717, 1.165) is 52.7 Å². The first-order valence-electron chi connectivity index (χ1n) is 11.8. The highest BCUT2D eigenvalue weighted by atomic mass is 79.9. The molecule has 34 heavy (non-hydrogen) atoms. The van der Waals surface area contributed by atoms with Crippen molar-refractivity contribution in [3.63, 3.8) is 0 Å². The van der Waals surface area contributed by atoms with Crippen molar-refractivity contribution < 1.29 is 5.11 Å². The van der Waals surface area contributed by atoms with Crippen LogP contribution in [0, 0.1) is 0 Å². The Morgan fingerprint density at radius 1 is 0.765 bits per heavy atom. The van der Waals surface area contributed by atoms with Crippen molar-refractivity contribution in [3.05, 3.63) is 87.3 Å². The molecule has 1 aliphatic rings. The molecule has 0 saturated carbocycles. The summed E-state index contributed by atoms with van der Waals surface area (Å²) in [5, 5.41) is 13.4. The zero-order valence-electron chi connectivity index (χ0n) is 19.1. The molecule has 4 nitrogen and oxygen atoms in total. The second kappa shape index (κ2) is 10.8. The highest BCUT2D eigenvalue weighted by molar-refractivity contribution is 9.10. The molecular weight excluding hydrogens is 554 g/mol. The summed E-state index contributed by atoms with van der Waals surface area (Å²) >= 11 is 7.22. The number of halogens is 2. The summed E-state index contributed by atoms with van der Waals surface area (Å²) in [4.78, 5) is 4.87. The van der Waals surface area contributed by atoms with Crippen LogP contribution < -0.4 is 0 Å². The van der Waals surface area contributed by atoms with Crippen LogP contribution in [0.4, 0.5) is 0 Å². The van der Waals surface area contributed by atoms with Crippen LogP contribution in [0.5, 0.6) is 0 Å². The second-order valence-corrected chi connectivity index (χ2v) is 10.8. The zero-order chi connectivity index (χ0) is 23.5. The number of hydrogen-bond acceptors (Lipinski definition) is 3. The molecule has 5 rings (SSSR count). The minimum atomic E-state index is -0.421. The Balaban J connectivity index is 1.20. The van der Waals surface area contributed by atoms with Gasteiger partial charge in [0.2, 0.25) is 0 Å². The Bertz CT molecular complexity index is 1230. The topological polar surface area (TPSA) is 31.6 Å². The Labute approximate surface area is 217 Å². The van der Waals surface area contributed by atoms with Crippen LogP contribution in [-0.2, 0) is 6.54 Å². The first kappa shape index (κ1) is 23.8. The number of fused-ring (bicyclic) bond motifs is 3. The van der Waals surface area contributed by atoms with Crippen molar-refractivity contribution in [2.75, 3.05) is 39.3 Å². The van der Waals surface area contributed by atoms with Crippen LogP contribution in [0.1, 0.15) is 5.56 Å². The summed E-state index contributed by atoms with van der Waals surface area (Å²) in [6, 6.07) is 23.2. The number of β-amino-alcohol motifs (C(OH)–C–C–N with tert-alkyl or cyclic N) is 1. The molecular formula is C28H29Br2N3O. The molecule has 1 fully saturated rings. The maximum absolute atomic E-state index is 11.0. The fourth-order valence-corrected chi connectivity index (χ4v) is 5.59. The molecule has 2 heterocycles. The lowest BCUT2D eigenvalue weighted by Gasteiger charge is -2.35. The Kier molecular flexibility index (Phi) is 7.52. The highest BCUT2D eigenvalue weighted by Crippen LogP contribution is 2.33. The summed E-state index contributed by atoms with van der Waals surface area (Å²) in [5.74, 6) is 0. The molecule has 1 saturated heterocycles. The number of nitrogens with zero attached hydrogens (tertiary/aromatic N) is 3.